The van der Waals surface area contributed by atoms with Crippen molar-refractivity contribution in [3.63, 3.8) is 0 Å². The molecule has 2 saturated heterocycles. The molecule has 122 valence electrons. The third-order valence-corrected chi connectivity index (χ3v) is 7.38. The van der Waals surface area contributed by atoms with Gasteiger partial charge in [0.2, 0.25) is 10.0 Å². The van der Waals surface area contributed by atoms with Crippen molar-refractivity contribution < 1.29 is 13.5 Å². The van der Waals surface area contributed by atoms with E-state index in [9.17, 15) is 13.5 Å². The van der Waals surface area contributed by atoms with Crippen molar-refractivity contribution in [1.82, 2.24) is 9.21 Å². The molecule has 2 heterocycles. The van der Waals surface area contributed by atoms with E-state index in [4.69, 9.17) is 0 Å². The number of piperidine rings is 1. The van der Waals surface area contributed by atoms with Crippen molar-refractivity contribution >= 4 is 10.0 Å². The number of rotatable bonds is 4. The molecule has 0 radical (unpaired) electrons. The Morgan fingerprint density at radius 1 is 0.952 bits per heavy atom. The van der Waals surface area contributed by atoms with Crippen LogP contribution < -0.4 is 0 Å². The summed E-state index contributed by atoms with van der Waals surface area (Å²) in [5, 5.41) is 10.3. The quantitative estimate of drug-likeness (QED) is 0.842. The highest BCUT2D eigenvalue weighted by molar-refractivity contribution is 7.89. The summed E-state index contributed by atoms with van der Waals surface area (Å²) in [4.78, 5) is 2.29. The Kier molecular flexibility index (Phi) is 4.88. The fraction of sp³-hybridized carbons (Fsp3) is 1.00. The Balaban J connectivity index is 1.61. The van der Waals surface area contributed by atoms with Crippen molar-refractivity contribution in [2.75, 3.05) is 31.9 Å². The van der Waals surface area contributed by atoms with Crippen LogP contribution in [0.1, 0.15) is 44.9 Å². The Hall–Kier alpha value is -0.170. The fourth-order valence-corrected chi connectivity index (χ4v) is 6.05. The maximum atomic E-state index is 12.6. The summed E-state index contributed by atoms with van der Waals surface area (Å²) in [5.41, 5.74) is 0. The van der Waals surface area contributed by atoms with E-state index in [1.54, 1.807) is 4.31 Å². The van der Waals surface area contributed by atoms with Crippen molar-refractivity contribution in [3.05, 3.63) is 0 Å². The summed E-state index contributed by atoms with van der Waals surface area (Å²) in [7, 11) is -3.20. The molecule has 0 aromatic heterocycles. The largest absolute Gasteiger partial charge is 0.390 e. The molecule has 6 heteroatoms. The molecule has 3 aliphatic rings. The van der Waals surface area contributed by atoms with Crippen molar-refractivity contribution in [1.29, 1.82) is 0 Å². The van der Waals surface area contributed by atoms with Crippen LogP contribution in [-0.2, 0) is 10.0 Å². The van der Waals surface area contributed by atoms with E-state index in [-0.39, 0.29) is 18.3 Å². The van der Waals surface area contributed by atoms with E-state index in [1.165, 1.54) is 19.3 Å². The number of hydrogen-bond donors (Lipinski definition) is 1. The van der Waals surface area contributed by atoms with Gasteiger partial charge >= 0.3 is 0 Å². The molecular formula is C15H28N2O3S. The van der Waals surface area contributed by atoms with Crippen LogP contribution in [0.4, 0.5) is 0 Å². The number of aliphatic hydroxyl groups excluding tert-OH is 1. The van der Waals surface area contributed by atoms with Gasteiger partial charge in [-0.25, -0.2) is 8.42 Å². The minimum Gasteiger partial charge on any atom is -0.390 e. The van der Waals surface area contributed by atoms with Gasteiger partial charge in [-0.2, -0.15) is 4.31 Å². The third-order valence-electron chi connectivity index (χ3n) is 5.40. The maximum Gasteiger partial charge on any atom is 0.214 e. The van der Waals surface area contributed by atoms with Gasteiger partial charge in [0.25, 0.3) is 0 Å². The van der Waals surface area contributed by atoms with E-state index in [1.807, 2.05) is 0 Å². The molecule has 0 bridgehead atoms. The number of hydrogen-bond acceptors (Lipinski definition) is 4. The van der Waals surface area contributed by atoms with E-state index in [2.05, 4.69) is 4.90 Å². The summed E-state index contributed by atoms with van der Waals surface area (Å²) < 4.78 is 26.7. The lowest BCUT2D eigenvalue weighted by molar-refractivity contribution is 0.0706. The summed E-state index contributed by atoms with van der Waals surface area (Å²) in [6, 6.07) is 0.00338. The zero-order valence-electron chi connectivity index (χ0n) is 12.8. The molecule has 1 aliphatic carbocycles. The maximum absolute atomic E-state index is 12.6. The second-order valence-electron chi connectivity index (χ2n) is 6.98. The lowest BCUT2D eigenvalue weighted by Crippen LogP contribution is -2.46. The third kappa shape index (κ3) is 3.60. The minimum atomic E-state index is -3.20. The molecule has 0 spiro atoms. The minimum absolute atomic E-state index is 0.00338. The molecule has 5 nitrogen and oxygen atoms in total. The van der Waals surface area contributed by atoms with E-state index < -0.39 is 16.1 Å². The summed E-state index contributed by atoms with van der Waals surface area (Å²) in [6.07, 6.45) is 7.48. The first-order chi connectivity index (χ1) is 10.1. The molecule has 3 fully saturated rings. The number of likely N-dealkylation sites (tertiary alicyclic amines) is 1. The van der Waals surface area contributed by atoms with Crippen molar-refractivity contribution in [2.24, 2.45) is 5.92 Å². The lowest BCUT2D eigenvalue weighted by Gasteiger charge is -2.33. The Morgan fingerprint density at radius 2 is 1.62 bits per heavy atom. The number of β-amino-alcohol motifs (C(OH)–C–C–N with tert-alkyl or cyclic N) is 1. The van der Waals surface area contributed by atoms with Crippen LogP contribution in [0.3, 0.4) is 0 Å². The van der Waals surface area contributed by atoms with Gasteiger partial charge in [0, 0.05) is 13.1 Å². The lowest BCUT2D eigenvalue weighted by atomic mass is 10.1. The molecule has 1 N–H and O–H groups in total. The molecule has 0 amide bonds. The van der Waals surface area contributed by atoms with Gasteiger partial charge in [0.05, 0.1) is 17.9 Å². The molecule has 0 aromatic rings. The monoisotopic (exact) mass is 316 g/mol. The van der Waals surface area contributed by atoms with Crippen LogP contribution in [0.15, 0.2) is 0 Å². The smallest absolute Gasteiger partial charge is 0.214 e. The zero-order chi connectivity index (χ0) is 14.9. The highest BCUT2D eigenvalue weighted by Crippen LogP contribution is 2.29. The molecule has 21 heavy (non-hydrogen) atoms. The van der Waals surface area contributed by atoms with Gasteiger partial charge in [0.1, 0.15) is 0 Å². The molecule has 0 aromatic carbocycles. The molecule has 2 atom stereocenters. The fourth-order valence-electron chi connectivity index (χ4n) is 4.15. The Labute approximate surface area is 128 Å². The topological polar surface area (TPSA) is 60.9 Å². The first kappa shape index (κ1) is 15.7. The van der Waals surface area contributed by atoms with Crippen LogP contribution >= 0.6 is 0 Å². The molecular weight excluding hydrogens is 288 g/mol. The SMILES string of the molecule is O=S(=O)(CC1CCCC1)N1C[C@H](O)[C@@H](N2CCCCC2)C1. The number of aliphatic hydroxyl groups is 1. The number of sulfonamides is 1. The predicted molar refractivity (Wildman–Crippen MR) is 82.5 cm³/mol. The standard InChI is InChI=1S/C15H28N2O3S/c18-15-11-17(10-14(15)16-8-4-1-5-9-16)21(19,20)12-13-6-2-3-7-13/h13-15,18H,1-12H2/t14-,15-/m0/s1. The van der Waals surface area contributed by atoms with Crippen LogP contribution in [0.5, 0.6) is 0 Å². The van der Waals surface area contributed by atoms with Crippen LogP contribution in [0, 0.1) is 5.92 Å². The predicted octanol–water partition coefficient (Wildman–Crippen LogP) is 1.04. The van der Waals surface area contributed by atoms with Gasteiger partial charge in [-0.15, -0.1) is 0 Å². The average Bonchev–Trinajstić information content (AvgIpc) is 3.09. The second kappa shape index (κ2) is 6.52. The van der Waals surface area contributed by atoms with Gasteiger partial charge in [-0.3, -0.25) is 4.90 Å². The summed E-state index contributed by atoms with van der Waals surface area (Å²) >= 11 is 0. The van der Waals surface area contributed by atoms with Crippen LogP contribution in [-0.4, -0.2) is 66.8 Å². The van der Waals surface area contributed by atoms with Gasteiger partial charge in [-0.05, 0) is 44.7 Å². The summed E-state index contributed by atoms with van der Waals surface area (Å²) in [5.74, 6) is 0.619. The molecule has 0 unspecified atom stereocenters. The molecule has 3 rings (SSSR count). The normalized spacial score (nSPS) is 33.8. The van der Waals surface area contributed by atoms with Gasteiger partial charge < -0.3 is 5.11 Å². The number of nitrogens with zero attached hydrogens (tertiary/aromatic N) is 2. The van der Waals surface area contributed by atoms with E-state index >= 15 is 0 Å². The first-order valence-electron chi connectivity index (χ1n) is 8.46. The highest BCUT2D eigenvalue weighted by atomic mass is 32.2. The molecule has 2 aliphatic heterocycles. The van der Waals surface area contributed by atoms with E-state index in [0.717, 1.165) is 38.8 Å². The molecule has 1 saturated carbocycles. The van der Waals surface area contributed by atoms with Crippen LogP contribution in [0.2, 0.25) is 0 Å². The highest BCUT2D eigenvalue weighted by Gasteiger charge is 2.41. The van der Waals surface area contributed by atoms with Crippen LogP contribution in [0.25, 0.3) is 0 Å². The van der Waals surface area contributed by atoms with Crippen molar-refractivity contribution in [3.8, 4) is 0 Å². The first-order valence-corrected chi connectivity index (χ1v) is 10.1. The Morgan fingerprint density at radius 3 is 2.29 bits per heavy atom. The summed E-state index contributed by atoms with van der Waals surface area (Å²) in [6.45, 7) is 2.77. The van der Waals surface area contributed by atoms with E-state index in [0.29, 0.717) is 12.5 Å². The second-order valence-corrected chi connectivity index (χ2v) is 8.99. The zero-order valence-corrected chi connectivity index (χ0v) is 13.6. The van der Waals surface area contributed by atoms with Gasteiger partial charge in [-0.1, -0.05) is 19.3 Å². The van der Waals surface area contributed by atoms with Crippen molar-refractivity contribution in [2.45, 2.75) is 57.1 Å². The Bertz CT molecular complexity index is 442. The van der Waals surface area contributed by atoms with Gasteiger partial charge in [0.15, 0.2) is 0 Å². The average molecular weight is 316 g/mol.